The van der Waals surface area contributed by atoms with Gasteiger partial charge in [-0.1, -0.05) is 0 Å². The zero-order valence-corrected chi connectivity index (χ0v) is 12.8. The van der Waals surface area contributed by atoms with Crippen molar-refractivity contribution in [2.45, 2.75) is 19.4 Å². The third kappa shape index (κ3) is 3.62. The Hall–Kier alpha value is -2.40. The van der Waals surface area contributed by atoms with Crippen molar-refractivity contribution >= 4 is 22.9 Å². The highest BCUT2D eigenvalue weighted by Gasteiger charge is 2.16. The van der Waals surface area contributed by atoms with Gasteiger partial charge in [0.1, 0.15) is 0 Å². The van der Waals surface area contributed by atoms with Gasteiger partial charge in [-0.3, -0.25) is 9.78 Å². The maximum atomic E-state index is 12.6. The summed E-state index contributed by atoms with van der Waals surface area (Å²) in [5.41, 5.74) is 2.99. The Morgan fingerprint density at radius 3 is 2.91 bits per heavy atom. The first-order valence-electron chi connectivity index (χ1n) is 7.05. The number of furan rings is 1. The molecule has 0 aliphatic carbocycles. The molecule has 0 N–H and O–H groups in total. The minimum atomic E-state index is 0.0837. The largest absolute Gasteiger partial charge is 0.472 e. The minimum Gasteiger partial charge on any atom is -0.472 e. The van der Waals surface area contributed by atoms with Crippen LogP contribution in [0, 0.1) is 0 Å². The van der Waals surface area contributed by atoms with Gasteiger partial charge in [-0.05, 0) is 52.6 Å². The molecule has 0 aliphatic rings. The zero-order chi connectivity index (χ0) is 15.2. The first kappa shape index (κ1) is 14.5. The van der Waals surface area contributed by atoms with Crippen molar-refractivity contribution in [2.24, 2.45) is 0 Å². The predicted octanol–water partition coefficient (Wildman–Crippen LogP) is 3.90. The van der Waals surface area contributed by atoms with Crippen LogP contribution in [0.3, 0.4) is 0 Å². The van der Waals surface area contributed by atoms with E-state index in [2.05, 4.69) is 10.4 Å². The fraction of sp³-hybridized carbons (Fsp3) is 0.176. The molecule has 0 saturated carbocycles. The summed E-state index contributed by atoms with van der Waals surface area (Å²) in [6.45, 7) is 0.569. The lowest BCUT2D eigenvalue weighted by molar-refractivity contribution is -0.118. The zero-order valence-electron chi connectivity index (χ0n) is 12.0. The lowest BCUT2D eigenvalue weighted by atomic mass is 10.1. The molecule has 0 fully saturated rings. The fourth-order valence-electron chi connectivity index (χ4n) is 2.22. The van der Waals surface area contributed by atoms with Crippen LogP contribution in [-0.4, -0.2) is 10.9 Å². The Morgan fingerprint density at radius 1 is 1.27 bits per heavy atom. The van der Waals surface area contributed by atoms with Gasteiger partial charge in [0.05, 0.1) is 31.0 Å². The SMILES string of the molecule is O=C(CCc1ccoc1)N(Cc1ccsc1)c1cccnc1. The number of aryl methyl sites for hydroxylation is 1. The van der Waals surface area contributed by atoms with Crippen LogP contribution >= 0.6 is 11.3 Å². The molecule has 3 aromatic heterocycles. The fourth-order valence-corrected chi connectivity index (χ4v) is 2.88. The Kier molecular flexibility index (Phi) is 4.65. The number of rotatable bonds is 6. The quantitative estimate of drug-likeness (QED) is 0.693. The summed E-state index contributed by atoms with van der Waals surface area (Å²) in [5, 5.41) is 4.08. The third-order valence-electron chi connectivity index (χ3n) is 3.39. The second-order valence-corrected chi connectivity index (χ2v) is 5.73. The number of pyridine rings is 1. The molecule has 0 aromatic carbocycles. The lowest BCUT2D eigenvalue weighted by Gasteiger charge is -2.22. The van der Waals surface area contributed by atoms with Crippen LogP contribution in [0.2, 0.25) is 0 Å². The summed E-state index contributed by atoms with van der Waals surface area (Å²) in [6.07, 6.45) is 7.86. The van der Waals surface area contributed by atoms with Crippen molar-refractivity contribution in [3.63, 3.8) is 0 Å². The highest BCUT2D eigenvalue weighted by molar-refractivity contribution is 7.07. The molecule has 3 heterocycles. The summed E-state index contributed by atoms with van der Waals surface area (Å²) in [7, 11) is 0. The average molecular weight is 312 g/mol. The molecule has 1 amide bonds. The van der Waals surface area contributed by atoms with Gasteiger partial charge in [-0.15, -0.1) is 0 Å². The van der Waals surface area contributed by atoms with Crippen molar-refractivity contribution in [1.82, 2.24) is 4.98 Å². The molecule has 3 rings (SSSR count). The molecule has 0 saturated heterocycles. The summed E-state index contributed by atoms with van der Waals surface area (Å²) in [5.74, 6) is 0.0837. The normalized spacial score (nSPS) is 10.5. The highest BCUT2D eigenvalue weighted by atomic mass is 32.1. The van der Waals surface area contributed by atoms with Crippen LogP contribution in [0.5, 0.6) is 0 Å². The molecule has 0 bridgehead atoms. The number of nitrogens with zero attached hydrogens (tertiary/aromatic N) is 2. The molecule has 5 heteroatoms. The summed E-state index contributed by atoms with van der Waals surface area (Å²) < 4.78 is 5.04. The summed E-state index contributed by atoms with van der Waals surface area (Å²) in [6, 6.07) is 7.69. The van der Waals surface area contributed by atoms with Crippen LogP contribution in [0.4, 0.5) is 5.69 Å². The monoisotopic (exact) mass is 312 g/mol. The second kappa shape index (κ2) is 7.04. The van der Waals surface area contributed by atoms with Crippen LogP contribution in [0.15, 0.2) is 64.4 Å². The van der Waals surface area contributed by atoms with E-state index < -0.39 is 0 Å². The van der Waals surface area contributed by atoms with Crippen LogP contribution in [0.25, 0.3) is 0 Å². The maximum absolute atomic E-state index is 12.6. The highest BCUT2D eigenvalue weighted by Crippen LogP contribution is 2.19. The number of hydrogen-bond acceptors (Lipinski definition) is 4. The van der Waals surface area contributed by atoms with Crippen molar-refractivity contribution in [1.29, 1.82) is 0 Å². The van der Waals surface area contributed by atoms with Crippen molar-refractivity contribution < 1.29 is 9.21 Å². The molecular formula is C17H16N2O2S. The Morgan fingerprint density at radius 2 is 2.23 bits per heavy atom. The van der Waals surface area contributed by atoms with Gasteiger partial charge < -0.3 is 9.32 Å². The molecule has 0 aliphatic heterocycles. The molecule has 112 valence electrons. The minimum absolute atomic E-state index is 0.0837. The van der Waals surface area contributed by atoms with Gasteiger partial charge in [-0.2, -0.15) is 11.3 Å². The van der Waals surface area contributed by atoms with Crippen molar-refractivity contribution in [3.05, 3.63) is 71.1 Å². The van der Waals surface area contributed by atoms with Gasteiger partial charge in [0.2, 0.25) is 5.91 Å². The first-order chi connectivity index (χ1) is 10.8. The van der Waals surface area contributed by atoms with Gasteiger partial charge in [-0.25, -0.2) is 0 Å². The van der Waals surface area contributed by atoms with E-state index in [1.54, 1.807) is 41.2 Å². The first-order valence-corrected chi connectivity index (χ1v) is 8.00. The number of amides is 1. The van der Waals surface area contributed by atoms with E-state index in [0.717, 1.165) is 16.8 Å². The van der Waals surface area contributed by atoms with Crippen LogP contribution in [-0.2, 0) is 17.8 Å². The van der Waals surface area contributed by atoms with E-state index in [0.29, 0.717) is 19.4 Å². The van der Waals surface area contributed by atoms with Crippen molar-refractivity contribution in [3.8, 4) is 0 Å². The number of thiophene rings is 1. The molecular weight excluding hydrogens is 296 g/mol. The smallest absolute Gasteiger partial charge is 0.227 e. The second-order valence-electron chi connectivity index (χ2n) is 4.95. The Bertz CT molecular complexity index is 694. The van der Waals surface area contributed by atoms with E-state index in [9.17, 15) is 4.79 Å². The van der Waals surface area contributed by atoms with Crippen molar-refractivity contribution in [2.75, 3.05) is 4.90 Å². The van der Waals surface area contributed by atoms with E-state index >= 15 is 0 Å². The summed E-state index contributed by atoms with van der Waals surface area (Å²) >= 11 is 1.63. The third-order valence-corrected chi connectivity index (χ3v) is 4.12. The summed E-state index contributed by atoms with van der Waals surface area (Å²) in [4.78, 5) is 18.5. The van der Waals surface area contributed by atoms with Crippen LogP contribution < -0.4 is 4.90 Å². The Balaban J connectivity index is 1.74. The molecule has 0 radical (unpaired) electrons. The molecule has 0 atom stereocenters. The number of aromatic nitrogens is 1. The number of anilines is 1. The number of hydrogen-bond donors (Lipinski definition) is 0. The predicted molar refractivity (Wildman–Crippen MR) is 86.8 cm³/mol. The topological polar surface area (TPSA) is 46.3 Å². The average Bonchev–Trinajstić information content (AvgIpc) is 3.24. The lowest BCUT2D eigenvalue weighted by Crippen LogP contribution is -2.30. The van der Waals surface area contributed by atoms with E-state index in [-0.39, 0.29) is 5.91 Å². The molecule has 0 unspecified atom stereocenters. The van der Waals surface area contributed by atoms with E-state index in [4.69, 9.17) is 4.42 Å². The van der Waals surface area contributed by atoms with E-state index in [1.165, 1.54) is 0 Å². The van der Waals surface area contributed by atoms with Gasteiger partial charge in [0.15, 0.2) is 0 Å². The van der Waals surface area contributed by atoms with Gasteiger partial charge in [0.25, 0.3) is 0 Å². The standard InChI is InChI=1S/C17H16N2O2S/c20-17(4-3-14-5-8-21-12-14)19(11-15-6-9-22-13-15)16-2-1-7-18-10-16/h1-2,5-10,12-13H,3-4,11H2. The molecule has 4 nitrogen and oxygen atoms in total. The number of carbonyl (C=O) groups excluding carboxylic acids is 1. The van der Waals surface area contributed by atoms with E-state index in [1.807, 2.05) is 29.6 Å². The van der Waals surface area contributed by atoms with Crippen LogP contribution in [0.1, 0.15) is 17.5 Å². The molecule has 0 spiro atoms. The maximum Gasteiger partial charge on any atom is 0.227 e. The van der Waals surface area contributed by atoms with Gasteiger partial charge >= 0.3 is 0 Å². The molecule has 3 aromatic rings. The number of carbonyl (C=O) groups is 1. The Labute approximate surface area is 133 Å². The molecule has 22 heavy (non-hydrogen) atoms. The van der Waals surface area contributed by atoms with Gasteiger partial charge in [0, 0.05) is 12.6 Å².